The predicted octanol–water partition coefficient (Wildman–Crippen LogP) is 0.847. The predicted molar refractivity (Wildman–Crippen MR) is 101 cm³/mol. The highest BCUT2D eigenvalue weighted by Gasteiger charge is 2.48. The second kappa shape index (κ2) is 9.11. The van der Waals surface area contributed by atoms with Crippen LogP contribution in [0.3, 0.4) is 0 Å². The molecule has 2 aromatic rings. The molecule has 0 bridgehead atoms. The van der Waals surface area contributed by atoms with Crippen LogP contribution in [0.4, 0.5) is 10.3 Å². The lowest BCUT2D eigenvalue weighted by Crippen LogP contribution is -2.62. The van der Waals surface area contributed by atoms with Gasteiger partial charge in [-0.2, -0.15) is 14.7 Å². The summed E-state index contributed by atoms with van der Waals surface area (Å²) in [5, 5.41) is 12.7. The van der Waals surface area contributed by atoms with Crippen molar-refractivity contribution in [2.24, 2.45) is 0 Å². The summed E-state index contributed by atoms with van der Waals surface area (Å²) in [6, 6.07) is 8.25. The van der Waals surface area contributed by atoms with E-state index >= 15 is 0 Å². The molecular weight excluding hydrogens is 407 g/mol. The first kappa shape index (κ1) is 22.5. The third-order valence-electron chi connectivity index (χ3n) is 3.82. The van der Waals surface area contributed by atoms with Crippen LogP contribution in [0.5, 0.6) is 11.8 Å². The Hall–Kier alpha value is -2.83. The highest BCUT2D eigenvalue weighted by atomic mass is 32.2. The van der Waals surface area contributed by atoms with Crippen LogP contribution in [0.25, 0.3) is 0 Å². The fourth-order valence-corrected chi connectivity index (χ4v) is 3.54. The van der Waals surface area contributed by atoms with Gasteiger partial charge in [-0.15, -0.1) is 0 Å². The Morgan fingerprint density at radius 2 is 1.76 bits per heavy atom. The van der Waals surface area contributed by atoms with Crippen molar-refractivity contribution in [3.05, 3.63) is 36.4 Å². The van der Waals surface area contributed by atoms with Crippen molar-refractivity contribution in [3.8, 4) is 11.8 Å². The van der Waals surface area contributed by atoms with Crippen molar-refractivity contribution in [2.75, 3.05) is 19.5 Å². The number of hydrogen-bond donors (Lipinski definition) is 3. The van der Waals surface area contributed by atoms with Crippen LogP contribution in [0.15, 0.2) is 41.3 Å². The van der Waals surface area contributed by atoms with Crippen molar-refractivity contribution in [3.63, 3.8) is 0 Å². The van der Waals surface area contributed by atoms with Crippen LogP contribution >= 0.6 is 0 Å². The molecule has 2 atom stereocenters. The number of carbonyl (C=O) groups excluding carboxylic acids is 1. The van der Waals surface area contributed by atoms with Gasteiger partial charge in [-0.25, -0.2) is 12.8 Å². The van der Waals surface area contributed by atoms with E-state index in [1.807, 2.05) is 0 Å². The number of methoxy groups -OCH3 is 2. The Labute approximate surface area is 167 Å². The van der Waals surface area contributed by atoms with Crippen LogP contribution < -0.4 is 19.5 Å². The Balaban J connectivity index is 2.37. The first-order valence-corrected chi connectivity index (χ1v) is 9.88. The van der Waals surface area contributed by atoms with Crippen molar-refractivity contribution >= 4 is 21.9 Å². The molecule has 29 heavy (non-hydrogen) atoms. The molecule has 10 nitrogen and oxygen atoms in total. The molecule has 12 heteroatoms. The molecule has 3 N–H and O–H groups in total. The number of hydrogen-bond acceptors (Lipinski definition) is 8. The molecule has 1 heterocycles. The fourth-order valence-electron chi connectivity index (χ4n) is 2.28. The SMILES string of the molecule is CCC(F)C(O)(NS(=O)(=O)c1ccccc1)C(=O)Nc1nc(OC)cc(OC)n1. The van der Waals surface area contributed by atoms with Gasteiger partial charge in [-0.05, 0) is 18.6 Å². The van der Waals surface area contributed by atoms with E-state index in [-0.39, 0.29) is 29.0 Å². The summed E-state index contributed by atoms with van der Waals surface area (Å²) in [5.74, 6) is -1.76. The van der Waals surface area contributed by atoms with E-state index < -0.39 is 27.8 Å². The molecule has 0 radical (unpaired) electrons. The number of carbonyl (C=O) groups is 1. The number of anilines is 1. The molecule has 0 aliphatic carbocycles. The maximum atomic E-state index is 14.5. The summed E-state index contributed by atoms with van der Waals surface area (Å²) in [5.41, 5.74) is -3.12. The summed E-state index contributed by atoms with van der Waals surface area (Å²) in [6.45, 7) is 1.34. The Kier molecular flexibility index (Phi) is 7.06. The third-order valence-corrected chi connectivity index (χ3v) is 5.30. The van der Waals surface area contributed by atoms with Crippen molar-refractivity contribution < 1.29 is 32.2 Å². The zero-order chi connectivity index (χ0) is 21.7. The molecule has 1 amide bonds. The first-order valence-electron chi connectivity index (χ1n) is 8.40. The second-order valence-electron chi connectivity index (χ2n) is 5.79. The highest BCUT2D eigenvalue weighted by molar-refractivity contribution is 7.89. The maximum Gasteiger partial charge on any atom is 0.278 e. The molecule has 2 unspecified atom stereocenters. The number of nitrogens with zero attached hydrogens (tertiary/aromatic N) is 2. The third kappa shape index (κ3) is 5.16. The summed E-state index contributed by atoms with van der Waals surface area (Å²) in [7, 11) is -1.80. The van der Waals surface area contributed by atoms with Gasteiger partial charge in [-0.3, -0.25) is 10.1 Å². The Bertz CT molecular complexity index is 937. The summed E-state index contributed by atoms with van der Waals surface area (Å²) in [6.07, 6.45) is -2.63. The van der Waals surface area contributed by atoms with Gasteiger partial charge in [0.15, 0.2) is 6.17 Å². The van der Waals surface area contributed by atoms with E-state index in [9.17, 15) is 22.7 Å². The number of rotatable bonds is 9. The van der Waals surface area contributed by atoms with Crippen molar-refractivity contribution in [2.45, 2.75) is 30.1 Å². The molecule has 0 saturated carbocycles. The Morgan fingerprint density at radius 3 is 2.24 bits per heavy atom. The van der Waals surface area contributed by atoms with Gasteiger partial charge in [0.1, 0.15) is 0 Å². The molecule has 158 valence electrons. The van der Waals surface area contributed by atoms with Gasteiger partial charge in [0.05, 0.1) is 25.2 Å². The van der Waals surface area contributed by atoms with E-state index in [0.717, 1.165) is 0 Å². The lowest BCUT2D eigenvalue weighted by atomic mass is 10.1. The maximum absolute atomic E-state index is 14.5. The number of alkyl halides is 1. The smallest absolute Gasteiger partial charge is 0.278 e. The molecule has 0 aliphatic heterocycles. The molecular formula is C17H21FN4O6S. The highest BCUT2D eigenvalue weighted by Crippen LogP contribution is 2.22. The van der Waals surface area contributed by atoms with E-state index in [0.29, 0.717) is 0 Å². The van der Waals surface area contributed by atoms with Crippen LogP contribution in [0.1, 0.15) is 13.3 Å². The number of amides is 1. The lowest BCUT2D eigenvalue weighted by Gasteiger charge is -2.29. The lowest BCUT2D eigenvalue weighted by molar-refractivity contribution is -0.143. The number of halogens is 1. The number of ether oxygens (including phenoxy) is 2. The number of aliphatic hydroxyl groups is 1. The zero-order valence-electron chi connectivity index (χ0n) is 15.9. The summed E-state index contributed by atoms with van der Waals surface area (Å²) >= 11 is 0. The number of benzene rings is 1. The molecule has 1 aromatic heterocycles. The Morgan fingerprint density at radius 1 is 1.21 bits per heavy atom. The normalized spacial score (nSPS) is 14.5. The quantitative estimate of drug-likeness (QED) is 0.500. The van der Waals surface area contributed by atoms with Crippen LogP contribution in [-0.4, -0.2) is 55.5 Å². The minimum atomic E-state index is -4.43. The minimum Gasteiger partial charge on any atom is -0.481 e. The van der Waals surface area contributed by atoms with Crippen LogP contribution in [0, 0.1) is 0 Å². The first-order chi connectivity index (χ1) is 13.7. The van der Waals surface area contributed by atoms with Gasteiger partial charge in [0, 0.05) is 0 Å². The van der Waals surface area contributed by atoms with Gasteiger partial charge < -0.3 is 14.6 Å². The van der Waals surface area contributed by atoms with Crippen LogP contribution in [-0.2, 0) is 14.8 Å². The van der Waals surface area contributed by atoms with Gasteiger partial charge in [-0.1, -0.05) is 25.1 Å². The fraction of sp³-hybridized carbons (Fsp3) is 0.353. The molecule has 0 aliphatic rings. The number of sulfonamides is 1. The van der Waals surface area contributed by atoms with E-state index in [1.165, 1.54) is 51.5 Å². The molecule has 2 rings (SSSR count). The molecule has 0 fully saturated rings. The van der Waals surface area contributed by atoms with Gasteiger partial charge in [0.2, 0.25) is 33.5 Å². The largest absolute Gasteiger partial charge is 0.481 e. The second-order valence-corrected chi connectivity index (χ2v) is 7.47. The van der Waals surface area contributed by atoms with Gasteiger partial charge in [0.25, 0.3) is 5.91 Å². The number of nitrogens with one attached hydrogen (secondary N) is 2. The van der Waals surface area contributed by atoms with Gasteiger partial charge >= 0.3 is 0 Å². The standard InChI is InChI=1S/C17H21FN4O6S/c1-4-12(18)17(24,22-29(25,26)11-8-6-5-7-9-11)15(23)21-16-19-13(27-2)10-14(20-16)28-3/h5-10,12,22,24H,4H2,1-3H3,(H,19,20,21,23). The zero-order valence-corrected chi connectivity index (χ0v) is 16.7. The van der Waals surface area contributed by atoms with E-state index in [4.69, 9.17) is 9.47 Å². The molecule has 1 aromatic carbocycles. The van der Waals surface area contributed by atoms with Crippen LogP contribution in [0.2, 0.25) is 0 Å². The average Bonchev–Trinajstić information content (AvgIpc) is 2.72. The summed E-state index contributed by atoms with van der Waals surface area (Å²) < 4.78 is 51.2. The summed E-state index contributed by atoms with van der Waals surface area (Å²) in [4.78, 5) is 20.1. The van der Waals surface area contributed by atoms with Crippen molar-refractivity contribution in [1.82, 2.24) is 14.7 Å². The average molecular weight is 428 g/mol. The number of aromatic nitrogens is 2. The monoisotopic (exact) mass is 428 g/mol. The topological polar surface area (TPSA) is 140 Å². The molecule has 0 spiro atoms. The minimum absolute atomic E-state index is 0.0212. The molecule has 0 saturated heterocycles. The van der Waals surface area contributed by atoms with E-state index in [2.05, 4.69) is 15.3 Å². The van der Waals surface area contributed by atoms with E-state index in [1.54, 1.807) is 10.8 Å². The van der Waals surface area contributed by atoms with Crippen molar-refractivity contribution in [1.29, 1.82) is 0 Å².